The average molecular weight is 379 g/mol. The Bertz CT molecular complexity index is 908. The molecule has 1 atom stereocenters. The zero-order valence-electron chi connectivity index (χ0n) is 15.1. The largest absolute Gasteiger partial charge is 0.488 e. The van der Waals surface area contributed by atoms with Crippen LogP contribution in [0, 0.1) is 0 Å². The first-order chi connectivity index (χ1) is 13.2. The number of aromatic nitrogens is 2. The highest BCUT2D eigenvalue weighted by atomic mass is 32.2. The van der Waals surface area contributed by atoms with E-state index in [0.717, 1.165) is 36.5 Å². The van der Waals surface area contributed by atoms with Crippen LogP contribution in [0.1, 0.15) is 5.56 Å². The van der Waals surface area contributed by atoms with Crippen molar-refractivity contribution >= 4 is 10.8 Å². The third kappa shape index (κ3) is 4.40. The lowest BCUT2D eigenvalue weighted by molar-refractivity contribution is 0.0145. The van der Waals surface area contributed by atoms with Crippen LogP contribution in [0.15, 0.2) is 72.1 Å². The minimum absolute atomic E-state index is 0.230. The SMILES string of the molecule is CS(=O)c1ccc(-c2ccc(OC3CN(Cc4cccnc4)C3)cc2)cn1. The third-order valence-corrected chi connectivity index (χ3v) is 5.40. The molecule has 2 aromatic heterocycles. The molecule has 27 heavy (non-hydrogen) atoms. The molecular weight excluding hydrogens is 358 g/mol. The molecule has 1 aliphatic rings. The lowest BCUT2D eigenvalue weighted by atomic mass is 10.1. The fraction of sp³-hybridized carbons (Fsp3) is 0.238. The Hall–Kier alpha value is -2.57. The van der Waals surface area contributed by atoms with Gasteiger partial charge in [0, 0.05) is 50.0 Å². The third-order valence-electron chi connectivity index (χ3n) is 4.57. The fourth-order valence-electron chi connectivity index (χ4n) is 3.12. The smallest absolute Gasteiger partial charge is 0.126 e. The second-order valence-electron chi connectivity index (χ2n) is 6.66. The summed E-state index contributed by atoms with van der Waals surface area (Å²) in [5.41, 5.74) is 3.30. The fourth-order valence-corrected chi connectivity index (χ4v) is 3.58. The van der Waals surface area contributed by atoms with Gasteiger partial charge in [0.15, 0.2) is 0 Å². The monoisotopic (exact) mass is 379 g/mol. The van der Waals surface area contributed by atoms with Crippen LogP contribution in [0.4, 0.5) is 0 Å². The van der Waals surface area contributed by atoms with E-state index in [4.69, 9.17) is 4.74 Å². The van der Waals surface area contributed by atoms with Gasteiger partial charge < -0.3 is 4.74 Å². The second kappa shape index (κ2) is 7.98. The van der Waals surface area contributed by atoms with Crippen LogP contribution in [0.2, 0.25) is 0 Å². The molecule has 3 heterocycles. The Balaban J connectivity index is 1.30. The number of rotatable bonds is 6. The molecule has 4 rings (SSSR count). The van der Waals surface area contributed by atoms with Crippen LogP contribution in [-0.2, 0) is 17.3 Å². The Kier molecular flexibility index (Phi) is 5.27. The highest BCUT2D eigenvalue weighted by Crippen LogP contribution is 2.24. The summed E-state index contributed by atoms with van der Waals surface area (Å²) in [4.78, 5) is 10.7. The summed E-state index contributed by atoms with van der Waals surface area (Å²) < 4.78 is 17.5. The van der Waals surface area contributed by atoms with Crippen molar-refractivity contribution < 1.29 is 8.95 Å². The summed E-state index contributed by atoms with van der Waals surface area (Å²) in [7, 11) is -1.05. The van der Waals surface area contributed by atoms with Crippen molar-refractivity contribution in [2.24, 2.45) is 0 Å². The molecule has 0 spiro atoms. The van der Waals surface area contributed by atoms with Gasteiger partial charge in [0.05, 0.1) is 10.8 Å². The predicted molar refractivity (Wildman–Crippen MR) is 106 cm³/mol. The lowest BCUT2D eigenvalue weighted by Gasteiger charge is -2.39. The number of ether oxygens (including phenoxy) is 1. The van der Waals surface area contributed by atoms with Crippen LogP contribution in [0.5, 0.6) is 5.75 Å². The number of likely N-dealkylation sites (tertiary alicyclic amines) is 1. The van der Waals surface area contributed by atoms with Gasteiger partial charge in [0.2, 0.25) is 0 Å². The maximum atomic E-state index is 11.4. The van der Waals surface area contributed by atoms with Crippen molar-refractivity contribution in [3.8, 4) is 16.9 Å². The van der Waals surface area contributed by atoms with Crippen molar-refractivity contribution in [1.29, 1.82) is 0 Å². The van der Waals surface area contributed by atoms with E-state index >= 15 is 0 Å². The molecule has 0 saturated carbocycles. The topological polar surface area (TPSA) is 55.3 Å². The summed E-state index contributed by atoms with van der Waals surface area (Å²) in [5, 5.41) is 0.597. The molecule has 0 amide bonds. The molecule has 0 N–H and O–H groups in total. The summed E-state index contributed by atoms with van der Waals surface area (Å²) >= 11 is 0. The Morgan fingerprint density at radius 1 is 1.07 bits per heavy atom. The number of nitrogens with zero attached hydrogens (tertiary/aromatic N) is 3. The molecule has 3 aromatic rings. The molecule has 1 unspecified atom stereocenters. The van der Waals surface area contributed by atoms with Crippen molar-refractivity contribution in [2.75, 3.05) is 19.3 Å². The van der Waals surface area contributed by atoms with Crippen molar-refractivity contribution in [2.45, 2.75) is 17.7 Å². The standard InChI is InChI=1S/C21H21N3O2S/c1-27(25)21-9-6-18(12-23-21)17-4-7-19(8-5-17)26-20-14-24(15-20)13-16-3-2-10-22-11-16/h2-12,20H,13-15H2,1H3. The first-order valence-corrected chi connectivity index (χ1v) is 10.4. The minimum atomic E-state index is -1.05. The van der Waals surface area contributed by atoms with Gasteiger partial charge in [0.25, 0.3) is 0 Å². The maximum Gasteiger partial charge on any atom is 0.126 e. The Labute approximate surface area is 161 Å². The van der Waals surface area contributed by atoms with Gasteiger partial charge in [-0.15, -0.1) is 0 Å². The lowest BCUT2D eigenvalue weighted by Crippen LogP contribution is -2.53. The molecule has 1 fully saturated rings. The molecule has 5 nitrogen and oxygen atoms in total. The van der Waals surface area contributed by atoms with Crippen LogP contribution in [0.25, 0.3) is 11.1 Å². The van der Waals surface area contributed by atoms with E-state index < -0.39 is 10.8 Å². The van der Waals surface area contributed by atoms with Crippen LogP contribution in [-0.4, -0.2) is 44.5 Å². The van der Waals surface area contributed by atoms with E-state index in [0.29, 0.717) is 5.03 Å². The van der Waals surface area contributed by atoms with Crippen molar-refractivity contribution in [3.63, 3.8) is 0 Å². The van der Waals surface area contributed by atoms with Crippen LogP contribution < -0.4 is 4.74 Å². The number of hydrogen-bond donors (Lipinski definition) is 0. The summed E-state index contributed by atoms with van der Waals surface area (Å²) in [6.45, 7) is 2.77. The van der Waals surface area contributed by atoms with E-state index in [1.165, 1.54) is 5.56 Å². The average Bonchev–Trinajstić information content (AvgIpc) is 2.68. The maximum absolute atomic E-state index is 11.4. The predicted octanol–water partition coefficient (Wildman–Crippen LogP) is 3.14. The molecule has 1 saturated heterocycles. The van der Waals surface area contributed by atoms with E-state index in [-0.39, 0.29) is 6.10 Å². The van der Waals surface area contributed by atoms with Gasteiger partial charge in [-0.25, -0.2) is 4.98 Å². The molecule has 138 valence electrons. The first-order valence-electron chi connectivity index (χ1n) is 8.85. The molecule has 1 aliphatic heterocycles. The molecule has 0 aliphatic carbocycles. The van der Waals surface area contributed by atoms with E-state index in [1.807, 2.05) is 42.6 Å². The highest BCUT2D eigenvalue weighted by Gasteiger charge is 2.28. The van der Waals surface area contributed by atoms with Crippen molar-refractivity contribution in [1.82, 2.24) is 14.9 Å². The van der Waals surface area contributed by atoms with Crippen LogP contribution >= 0.6 is 0 Å². The number of pyridine rings is 2. The molecule has 6 heteroatoms. The van der Waals surface area contributed by atoms with Gasteiger partial charge in [-0.3, -0.25) is 14.1 Å². The van der Waals surface area contributed by atoms with E-state index in [1.54, 1.807) is 24.7 Å². The molecule has 1 aromatic carbocycles. The number of benzene rings is 1. The first kappa shape index (κ1) is 17.8. The summed E-state index contributed by atoms with van der Waals surface area (Å²) in [5.74, 6) is 0.879. The van der Waals surface area contributed by atoms with Gasteiger partial charge >= 0.3 is 0 Å². The quantitative estimate of drug-likeness (QED) is 0.659. The van der Waals surface area contributed by atoms with Gasteiger partial charge in [-0.05, 0) is 35.4 Å². The Morgan fingerprint density at radius 3 is 2.48 bits per heavy atom. The van der Waals surface area contributed by atoms with Gasteiger partial charge in [-0.2, -0.15) is 0 Å². The molecule has 0 radical (unpaired) electrons. The van der Waals surface area contributed by atoms with Gasteiger partial charge in [0.1, 0.15) is 16.9 Å². The zero-order chi connectivity index (χ0) is 18.6. The van der Waals surface area contributed by atoms with E-state index in [9.17, 15) is 4.21 Å². The van der Waals surface area contributed by atoms with E-state index in [2.05, 4.69) is 20.9 Å². The second-order valence-corrected chi connectivity index (χ2v) is 7.99. The molecule has 0 bridgehead atoms. The summed E-state index contributed by atoms with van der Waals surface area (Å²) in [6.07, 6.45) is 7.32. The van der Waals surface area contributed by atoms with Crippen LogP contribution in [0.3, 0.4) is 0 Å². The molecular formula is C21H21N3O2S. The number of hydrogen-bond acceptors (Lipinski definition) is 5. The van der Waals surface area contributed by atoms with Gasteiger partial charge in [-0.1, -0.05) is 24.3 Å². The highest BCUT2D eigenvalue weighted by molar-refractivity contribution is 7.84. The normalized spacial score (nSPS) is 15.9. The minimum Gasteiger partial charge on any atom is -0.488 e. The Morgan fingerprint density at radius 2 is 1.85 bits per heavy atom. The van der Waals surface area contributed by atoms with Crippen molar-refractivity contribution in [3.05, 3.63) is 72.7 Å². The zero-order valence-corrected chi connectivity index (χ0v) is 15.9. The summed E-state index contributed by atoms with van der Waals surface area (Å²) in [6, 6.07) is 15.9.